The standard InChI is InChI=1S/C18H28OS3/c1-8-21-22-15(20)11-12-9-13(17(2,3)4)16(19)14(10-12)18(5,6)7/h9-10,19H,8,11H2,1-7H3. The second kappa shape index (κ2) is 7.59. The van der Waals surface area contributed by atoms with Crippen LogP contribution in [0.25, 0.3) is 0 Å². The molecule has 0 fully saturated rings. The van der Waals surface area contributed by atoms with Crippen molar-refractivity contribution in [3.8, 4) is 5.75 Å². The summed E-state index contributed by atoms with van der Waals surface area (Å²) in [5.74, 6) is 1.49. The van der Waals surface area contributed by atoms with Crippen molar-refractivity contribution >= 4 is 38.0 Å². The van der Waals surface area contributed by atoms with Crippen LogP contribution in [0, 0.1) is 0 Å². The van der Waals surface area contributed by atoms with Crippen LogP contribution >= 0.6 is 33.8 Å². The molecule has 0 radical (unpaired) electrons. The molecule has 0 aliphatic heterocycles. The zero-order valence-corrected chi connectivity index (χ0v) is 17.2. The first-order valence-electron chi connectivity index (χ1n) is 7.66. The van der Waals surface area contributed by atoms with Crippen LogP contribution in [0.2, 0.25) is 0 Å². The maximum atomic E-state index is 10.7. The van der Waals surface area contributed by atoms with Gasteiger partial charge in [-0.05, 0) is 27.5 Å². The maximum Gasteiger partial charge on any atom is 0.123 e. The Labute approximate surface area is 149 Å². The van der Waals surface area contributed by atoms with E-state index in [1.165, 1.54) is 5.56 Å². The lowest BCUT2D eigenvalue weighted by molar-refractivity contribution is 0.423. The van der Waals surface area contributed by atoms with Crippen LogP contribution in [0.4, 0.5) is 0 Å². The minimum absolute atomic E-state index is 0.0903. The first kappa shape index (κ1) is 19.9. The Bertz CT molecular complexity index is 501. The number of benzene rings is 1. The number of hydrogen-bond donors (Lipinski definition) is 1. The van der Waals surface area contributed by atoms with Gasteiger partial charge in [-0.15, -0.1) is 0 Å². The maximum absolute atomic E-state index is 10.7. The summed E-state index contributed by atoms with van der Waals surface area (Å²) in [5.41, 5.74) is 3.03. The van der Waals surface area contributed by atoms with Gasteiger partial charge < -0.3 is 5.11 Å². The molecule has 0 aliphatic carbocycles. The molecular weight excluding hydrogens is 328 g/mol. The van der Waals surface area contributed by atoms with Gasteiger partial charge in [-0.2, -0.15) is 0 Å². The molecule has 0 aliphatic rings. The average molecular weight is 357 g/mol. The van der Waals surface area contributed by atoms with Gasteiger partial charge in [0.25, 0.3) is 0 Å². The average Bonchev–Trinajstić information content (AvgIpc) is 2.35. The second-order valence-corrected chi connectivity index (χ2v) is 11.0. The Balaban J connectivity index is 3.27. The molecule has 1 rings (SSSR count). The van der Waals surface area contributed by atoms with Gasteiger partial charge in [-0.25, -0.2) is 0 Å². The highest BCUT2D eigenvalue weighted by Crippen LogP contribution is 2.40. The highest BCUT2D eigenvalue weighted by molar-refractivity contribution is 8.83. The predicted octanol–water partition coefficient (Wildman–Crippen LogP) is 6.26. The van der Waals surface area contributed by atoms with Gasteiger partial charge in [0.1, 0.15) is 5.75 Å². The third-order valence-corrected chi connectivity index (χ3v) is 6.46. The molecule has 1 aromatic carbocycles. The van der Waals surface area contributed by atoms with E-state index in [1.54, 1.807) is 21.6 Å². The topological polar surface area (TPSA) is 20.2 Å². The van der Waals surface area contributed by atoms with Crippen LogP contribution < -0.4 is 0 Å². The molecule has 0 amide bonds. The monoisotopic (exact) mass is 356 g/mol. The first-order chi connectivity index (χ1) is 9.96. The number of aromatic hydroxyl groups is 1. The summed E-state index contributed by atoms with van der Waals surface area (Å²) < 4.78 is 0.997. The summed E-state index contributed by atoms with van der Waals surface area (Å²) in [6.45, 7) is 15.0. The Morgan fingerprint density at radius 1 is 1.05 bits per heavy atom. The summed E-state index contributed by atoms with van der Waals surface area (Å²) in [5, 5.41) is 10.7. The van der Waals surface area contributed by atoms with E-state index in [1.807, 2.05) is 0 Å². The zero-order chi connectivity index (χ0) is 17.1. The Kier molecular flexibility index (Phi) is 6.85. The summed E-state index contributed by atoms with van der Waals surface area (Å²) in [7, 11) is 3.47. The van der Waals surface area contributed by atoms with Crippen LogP contribution in [0.15, 0.2) is 12.1 Å². The van der Waals surface area contributed by atoms with Crippen LogP contribution in [-0.4, -0.2) is 15.1 Å². The van der Waals surface area contributed by atoms with E-state index < -0.39 is 0 Å². The number of thiocarbonyl (C=S) groups is 1. The molecule has 124 valence electrons. The molecule has 1 aromatic rings. The van der Waals surface area contributed by atoms with Crippen molar-refractivity contribution in [2.24, 2.45) is 0 Å². The lowest BCUT2D eigenvalue weighted by Crippen LogP contribution is -2.18. The molecule has 4 heteroatoms. The van der Waals surface area contributed by atoms with Gasteiger partial charge in [-0.3, -0.25) is 0 Å². The van der Waals surface area contributed by atoms with Gasteiger partial charge in [0.05, 0.1) is 4.20 Å². The fraction of sp³-hybridized carbons (Fsp3) is 0.611. The van der Waals surface area contributed by atoms with Crippen LogP contribution in [-0.2, 0) is 17.3 Å². The Hall–Kier alpha value is -0.190. The van der Waals surface area contributed by atoms with Crippen LogP contribution in [0.3, 0.4) is 0 Å². The van der Waals surface area contributed by atoms with Crippen molar-refractivity contribution in [3.63, 3.8) is 0 Å². The smallest absolute Gasteiger partial charge is 0.123 e. The fourth-order valence-electron chi connectivity index (χ4n) is 2.26. The SMILES string of the molecule is CCSSC(=S)Cc1cc(C(C)(C)C)c(O)c(C(C)(C)C)c1. The number of rotatable bonds is 4. The number of phenolic OH excluding ortho intramolecular Hbond substituents is 1. The molecule has 0 saturated heterocycles. The normalized spacial score (nSPS) is 12.5. The summed E-state index contributed by atoms with van der Waals surface area (Å²) in [6, 6.07) is 4.24. The summed E-state index contributed by atoms with van der Waals surface area (Å²) in [6.07, 6.45) is 0.777. The van der Waals surface area contributed by atoms with Crippen molar-refractivity contribution in [1.29, 1.82) is 0 Å². The minimum Gasteiger partial charge on any atom is -0.507 e. The van der Waals surface area contributed by atoms with Gasteiger partial charge in [0.15, 0.2) is 0 Å². The van der Waals surface area contributed by atoms with Crippen molar-refractivity contribution < 1.29 is 5.11 Å². The van der Waals surface area contributed by atoms with Crippen LogP contribution in [0.5, 0.6) is 5.75 Å². The van der Waals surface area contributed by atoms with Crippen molar-refractivity contribution in [3.05, 3.63) is 28.8 Å². The highest BCUT2D eigenvalue weighted by atomic mass is 33.1. The lowest BCUT2D eigenvalue weighted by Gasteiger charge is -2.28. The predicted molar refractivity (Wildman–Crippen MR) is 108 cm³/mol. The van der Waals surface area contributed by atoms with Gasteiger partial charge >= 0.3 is 0 Å². The molecule has 0 heterocycles. The fourth-order valence-corrected chi connectivity index (χ4v) is 4.26. The van der Waals surface area contributed by atoms with E-state index in [9.17, 15) is 5.11 Å². The Morgan fingerprint density at radius 2 is 1.50 bits per heavy atom. The highest BCUT2D eigenvalue weighted by Gasteiger charge is 2.26. The Morgan fingerprint density at radius 3 is 1.86 bits per heavy atom. The quantitative estimate of drug-likeness (QED) is 0.507. The number of hydrogen-bond acceptors (Lipinski definition) is 4. The van der Waals surface area contributed by atoms with E-state index in [4.69, 9.17) is 12.2 Å². The van der Waals surface area contributed by atoms with Gasteiger partial charge in [0.2, 0.25) is 0 Å². The number of phenols is 1. The molecule has 0 unspecified atom stereocenters. The lowest BCUT2D eigenvalue weighted by atomic mass is 9.78. The van der Waals surface area contributed by atoms with Crippen LogP contribution in [0.1, 0.15) is 65.2 Å². The molecule has 0 bridgehead atoms. The van der Waals surface area contributed by atoms with E-state index in [0.717, 1.165) is 27.5 Å². The van der Waals surface area contributed by atoms with E-state index in [-0.39, 0.29) is 10.8 Å². The molecular formula is C18H28OS3. The zero-order valence-electron chi connectivity index (χ0n) is 14.7. The largest absolute Gasteiger partial charge is 0.507 e. The molecule has 0 aromatic heterocycles. The van der Waals surface area contributed by atoms with Crippen molar-refractivity contribution in [2.45, 2.75) is 65.7 Å². The van der Waals surface area contributed by atoms with E-state index >= 15 is 0 Å². The minimum atomic E-state index is -0.0903. The molecule has 0 atom stereocenters. The molecule has 0 spiro atoms. The third kappa shape index (κ3) is 5.47. The molecule has 22 heavy (non-hydrogen) atoms. The molecule has 1 nitrogen and oxygen atoms in total. The van der Waals surface area contributed by atoms with Crippen molar-refractivity contribution in [2.75, 3.05) is 5.75 Å². The van der Waals surface area contributed by atoms with Crippen molar-refractivity contribution in [1.82, 2.24) is 0 Å². The third-order valence-electron chi connectivity index (χ3n) is 3.40. The molecule has 1 N–H and O–H groups in total. The van der Waals surface area contributed by atoms with E-state index in [2.05, 4.69) is 60.6 Å². The second-order valence-electron chi connectivity index (χ2n) is 7.58. The van der Waals surface area contributed by atoms with E-state index in [0.29, 0.717) is 5.75 Å². The molecule has 0 saturated carbocycles. The van der Waals surface area contributed by atoms with Gasteiger partial charge in [-0.1, -0.05) is 94.4 Å². The summed E-state index contributed by atoms with van der Waals surface area (Å²) >= 11 is 5.49. The summed E-state index contributed by atoms with van der Waals surface area (Å²) in [4.78, 5) is 0. The van der Waals surface area contributed by atoms with Gasteiger partial charge in [0, 0.05) is 12.2 Å². The first-order valence-corrected chi connectivity index (χ1v) is 10.4.